The molecule has 0 atom stereocenters. The maximum atomic E-state index is 8.44. The summed E-state index contributed by atoms with van der Waals surface area (Å²) < 4.78 is 0. The number of hydrogen-bond acceptors (Lipinski definition) is 3. The third kappa shape index (κ3) is 109. The average molecular weight is 158 g/mol. The molecule has 5 nitrogen and oxygen atoms in total. The fraction of sp³-hybridized carbons (Fsp3) is 0. The van der Waals surface area contributed by atoms with Crippen molar-refractivity contribution in [3.8, 4) is 0 Å². The zero-order valence-electron chi connectivity index (χ0n) is 4.71. The van der Waals surface area contributed by atoms with Crippen molar-refractivity contribution in [3.63, 3.8) is 0 Å². The summed E-state index contributed by atoms with van der Waals surface area (Å²) in [6.45, 7) is 0. The first-order valence-electron chi connectivity index (χ1n) is 0.632. The summed E-state index contributed by atoms with van der Waals surface area (Å²) in [4.78, 5) is 8.44. The average Bonchev–Trinajstić information content (AvgIpc) is 0.811. The predicted octanol–water partition coefficient (Wildman–Crippen LogP) is -8.11. The molecule has 0 saturated heterocycles. The topological polar surface area (TPSA) is 122 Å². The monoisotopic (exact) mass is 158 g/mol. The zero-order chi connectivity index (χ0) is 3.58. The van der Waals surface area contributed by atoms with Gasteiger partial charge in [0.15, 0.2) is 0 Å². The first-order chi connectivity index (χ1) is 1.73. The molecule has 0 unspecified atom stereocenters. The molecule has 0 aliphatic carbocycles. The molecule has 0 saturated carbocycles. The van der Waals surface area contributed by atoms with E-state index in [1.807, 2.05) is 0 Å². The maximum absolute atomic E-state index is 8.44. The van der Waals surface area contributed by atoms with E-state index in [-0.39, 0.29) is 91.9 Å². The molecule has 0 radical (unpaired) electrons. The molecule has 0 aliphatic rings. The van der Waals surface area contributed by atoms with Gasteiger partial charge in [0.1, 0.15) is 0 Å². The third-order valence-corrected chi connectivity index (χ3v) is 0. The van der Waals surface area contributed by atoms with Gasteiger partial charge in [-0.2, -0.15) is 0 Å². The Balaban J connectivity index is -0.00000000750. The molecule has 0 fully saturated rings. The van der Waals surface area contributed by atoms with E-state index in [2.05, 4.69) is 0 Å². The van der Waals surface area contributed by atoms with Crippen molar-refractivity contribution in [2.75, 3.05) is 0 Å². The van der Waals surface area contributed by atoms with Gasteiger partial charge in [-0.05, 0) is 0 Å². The molecular weight excluding hydrogens is 154 g/mol. The summed E-state index contributed by atoms with van der Waals surface area (Å²) in [5.41, 5.74) is 0. The van der Waals surface area contributed by atoms with Gasteiger partial charge in [0, 0.05) is 0 Å². The van der Waals surface area contributed by atoms with Crippen LogP contribution in [0.1, 0.15) is 0 Å². The van der Waals surface area contributed by atoms with Crippen LogP contribution >= 0.6 is 0 Å². The van der Waals surface area contributed by atoms with Gasteiger partial charge < -0.3 is 26.0 Å². The minimum absolute atomic E-state index is 0. The van der Waals surface area contributed by atoms with Gasteiger partial charge in [-0.1, -0.05) is 0 Å². The Kier molecular flexibility index (Phi) is 95.3. The first-order valence-corrected chi connectivity index (χ1v) is 0.632. The van der Waals surface area contributed by atoms with Crippen LogP contribution in [-0.2, 0) is 0 Å². The Morgan fingerprint density at radius 1 is 1.50 bits per heavy atom. The molecule has 8 heavy (non-hydrogen) atoms. The minimum Gasteiger partial charge on any atom is -0.870 e. The van der Waals surface area contributed by atoms with Crippen LogP contribution in [0.3, 0.4) is 0 Å². The smallest absolute Gasteiger partial charge is 0.870 e. The Labute approximate surface area is 111 Å². The van der Waals surface area contributed by atoms with Crippen molar-refractivity contribution in [3.05, 3.63) is 0 Å². The van der Waals surface area contributed by atoms with E-state index in [1.54, 1.807) is 0 Å². The molecule has 0 aromatic heterocycles. The van der Waals surface area contributed by atoms with Crippen LogP contribution in [-0.4, -0.2) is 22.2 Å². The second kappa shape index (κ2) is 23.2. The molecule has 0 aromatic carbocycles. The second-order valence-corrected chi connectivity index (χ2v) is 0.266. The van der Waals surface area contributed by atoms with Crippen LogP contribution in [0.4, 0.5) is 4.79 Å². The van der Waals surface area contributed by atoms with Crippen LogP contribution in [0.5, 0.6) is 0 Å². The van der Waals surface area contributed by atoms with Gasteiger partial charge in [-0.25, -0.2) is 0 Å². The summed E-state index contributed by atoms with van der Waals surface area (Å²) in [5.74, 6) is 0. The van der Waals surface area contributed by atoms with Crippen molar-refractivity contribution < 1.29 is 107 Å². The van der Waals surface area contributed by atoms with Gasteiger partial charge in [0.25, 0.3) is 0 Å². The van der Waals surface area contributed by atoms with Crippen molar-refractivity contribution in [2.45, 2.75) is 0 Å². The standard InChI is InChI=1S/CH2O3.K.Na.2H2O/c2-1(3)4;;;;/h(H2,2,3,4);;;2*1H2/q;2*+1;;/p-2. The summed E-state index contributed by atoms with van der Waals surface area (Å²) >= 11 is 0. The first kappa shape index (κ1) is 32.9. The summed E-state index contributed by atoms with van der Waals surface area (Å²) in [7, 11) is 0. The van der Waals surface area contributed by atoms with Gasteiger partial charge in [-0.15, -0.1) is 0 Å². The van der Waals surface area contributed by atoms with E-state index < -0.39 is 6.16 Å². The Morgan fingerprint density at radius 3 is 1.50 bits per heavy atom. The van der Waals surface area contributed by atoms with E-state index in [0.717, 1.165) is 0 Å². The minimum atomic E-state index is -2.08. The van der Waals surface area contributed by atoms with E-state index in [4.69, 9.17) is 15.0 Å². The number of hydrogen-bond donors (Lipinski definition) is 1. The Morgan fingerprint density at radius 2 is 1.50 bits per heavy atom. The molecule has 7 heteroatoms. The van der Waals surface area contributed by atoms with E-state index in [0.29, 0.717) is 0 Å². The van der Waals surface area contributed by atoms with Gasteiger partial charge >= 0.3 is 80.9 Å². The fourth-order valence-electron chi connectivity index (χ4n) is 0. The van der Waals surface area contributed by atoms with Crippen LogP contribution in [0.25, 0.3) is 0 Å². The molecule has 0 aliphatic heterocycles. The Bertz CT molecular complexity index is 35.4. The molecule has 40 valence electrons. The van der Waals surface area contributed by atoms with Gasteiger partial charge in [0.2, 0.25) is 6.16 Å². The number of carboxylic acid groups (broad SMARTS) is 2. The SMILES string of the molecule is O.O=C([O-])O.[K+].[Na+].[OH-]. The molecule has 4 N–H and O–H groups in total. The normalized spacial score (nSPS) is 3.00. The summed E-state index contributed by atoms with van der Waals surface area (Å²) in [6, 6.07) is 0. The number of carbonyl (C=O) groups is 1. The summed E-state index contributed by atoms with van der Waals surface area (Å²) in [5, 5.41) is 15.3. The van der Waals surface area contributed by atoms with E-state index in [9.17, 15) is 0 Å². The molecule has 0 aromatic rings. The van der Waals surface area contributed by atoms with Crippen LogP contribution in [0.15, 0.2) is 0 Å². The van der Waals surface area contributed by atoms with Crippen molar-refractivity contribution in [1.29, 1.82) is 0 Å². The molecule has 0 bridgehead atoms. The molecular formula is CH4KNaO5. The van der Waals surface area contributed by atoms with Crippen molar-refractivity contribution >= 4 is 6.16 Å². The molecule has 0 spiro atoms. The second-order valence-electron chi connectivity index (χ2n) is 0.266. The van der Waals surface area contributed by atoms with Crippen molar-refractivity contribution in [2.24, 2.45) is 0 Å². The predicted molar refractivity (Wildman–Crippen MR) is 13.6 cm³/mol. The van der Waals surface area contributed by atoms with Gasteiger partial charge in [-0.3, -0.25) is 0 Å². The van der Waals surface area contributed by atoms with Crippen molar-refractivity contribution in [1.82, 2.24) is 0 Å². The van der Waals surface area contributed by atoms with Crippen LogP contribution in [0.2, 0.25) is 0 Å². The zero-order valence-corrected chi connectivity index (χ0v) is 9.83. The third-order valence-electron chi connectivity index (χ3n) is 0. The van der Waals surface area contributed by atoms with E-state index >= 15 is 0 Å². The largest absolute Gasteiger partial charge is 1.00 e. The fourth-order valence-corrected chi connectivity index (χ4v) is 0. The molecule has 0 heterocycles. The number of rotatable bonds is 0. The summed E-state index contributed by atoms with van der Waals surface area (Å²) in [6.07, 6.45) is -2.08. The molecule has 0 rings (SSSR count). The Hall–Kier alpha value is 1.83. The van der Waals surface area contributed by atoms with E-state index in [1.165, 1.54) is 0 Å². The van der Waals surface area contributed by atoms with Crippen LogP contribution < -0.4 is 86.0 Å². The van der Waals surface area contributed by atoms with Crippen LogP contribution in [0, 0.1) is 0 Å². The maximum Gasteiger partial charge on any atom is 1.00 e. The molecule has 0 amide bonds. The van der Waals surface area contributed by atoms with Gasteiger partial charge in [0.05, 0.1) is 0 Å². The quantitative estimate of drug-likeness (QED) is 0.352.